The molecule has 4 rings (SSSR count). The molecule has 0 unspecified atom stereocenters. The van der Waals surface area contributed by atoms with E-state index in [9.17, 15) is 4.79 Å². The third-order valence-corrected chi connectivity index (χ3v) is 4.41. The Morgan fingerprint density at radius 1 is 1.14 bits per heavy atom. The summed E-state index contributed by atoms with van der Waals surface area (Å²) in [6.45, 7) is 1.90. The lowest BCUT2D eigenvalue weighted by Gasteiger charge is -2.08. The maximum Gasteiger partial charge on any atom is 0.256 e. The predicted molar refractivity (Wildman–Crippen MR) is 110 cm³/mol. The van der Waals surface area contributed by atoms with Crippen molar-refractivity contribution >= 4 is 22.5 Å². The number of nitrogens with zero attached hydrogens (tertiary/aromatic N) is 3. The number of aromatic nitrogens is 3. The summed E-state index contributed by atoms with van der Waals surface area (Å²) in [7, 11) is -1.07. The number of ether oxygens (including phenoxy) is 1. The largest absolute Gasteiger partial charge is 0.497 e. The number of amides is 1. The molecule has 4 aromatic rings. The van der Waals surface area contributed by atoms with Gasteiger partial charge in [-0.1, -0.05) is 12.1 Å². The summed E-state index contributed by atoms with van der Waals surface area (Å²) in [5, 5.41) is 4.09. The summed E-state index contributed by atoms with van der Waals surface area (Å²) in [5.41, 5.74) is 1.27. The van der Waals surface area contributed by atoms with Gasteiger partial charge in [0.05, 0.1) is 28.5 Å². The Hall–Kier alpha value is -3.67. The van der Waals surface area contributed by atoms with Gasteiger partial charge < -0.3 is 14.6 Å². The van der Waals surface area contributed by atoms with Gasteiger partial charge in [-0.25, -0.2) is 9.97 Å². The molecule has 1 amide bonds. The Kier molecular flexibility index (Phi) is 2.87. The number of pyridine rings is 1. The molecule has 2 aromatic carbocycles. The van der Waals surface area contributed by atoms with Gasteiger partial charge in [-0.2, -0.15) is 0 Å². The Balaban J connectivity index is 1.69. The molecule has 6 nitrogen and oxygen atoms in total. The SMILES string of the molecule is [2H]c1c([2H])c(C(=O)Nc2cc3cc(-c4cnc(C)n4C)ccc3cn2)c([2H])c([2H])c1OC([2H])([2H])[2H]. The molecule has 28 heavy (non-hydrogen) atoms. The zero-order valence-electron chi connectivity index (χ0n) is 22.1. The van der Waals surface area contributed by atoms with Crippen LogP contribution in [0.15, 0.2) is 60.8 Å². The van der Waals surface area contributed by atoms with E-state index in [2.05, 4.69) is 20.0 Å². The van der Waals surface area contributed by atoms with Crippen molar-refractivity contribution in [2.75, 3.05) is 12.4 Å². The molecule has 0 bridgehead atoms. The number of fused-ring (bicyclic) bond motifs is 1. The molecule has 0 fully saturated rings. The van der Waals surface area contributed by atoms with Gasteiger partial charge in [0, 0.05) is 29.8 Å². The normalized spacial score (nSPS) is 14.9. The summed E-state index contributed by atoms with van der Waals surface area (Å²) in [4.78, 5) is 21.4. The summed E-state index contributed by atoms with van der Waals surface area (Å²) in [6.07, 6.45) is 3.33. The lowest BCUT2D eigenvalue weighted by molar-refractivity contribution is 0.102. The van der Waals surface area contributed by atoms with Gasteiger partial charge >= 0.3 is 0 Å². The molecular weight excluding hydrogens is 352 g/mol. The van der Waals surface area contributed by atoms with Crippen molar-refractivity contribution in [3.8, 4) is 17.0 Å². The number of hydrogen-bond acceptors (Lipinski definition) is 4. The molecule has 2 aromatic heterocycles. The highest BCUT2D eigenvalue weighted by atomic mass is 16.5. The van der Waals surface area contributed by atoms with Crippen LogP contribution in [0.1, 0.15) is 25.8 Å². The number of nitrogens with one attached hydrogen (secondary N) is 1. The van der Waals surface area contributed by atoms with Crippen LogP contribution in [0.5, 0.6) is 5.75 Å². The van der Waals surface area contributed by atoms with Gasteiger partial charge in [0.1, 0.15) is 17.4 Å². The second kappa shape index (κ2) is 7.15. The molecule has 0 aliphatic heterocycles. The molecule has 0 aliphatic carbocycles. The van der Waals surface area contributed by atoms with E-state index in [-0.39, 0.29) is 5.82 Å². The van der Waals surface area contributed by atoms with Gasteiger partial charge in [-0.15, -0.1) is 0 Å². The molecule has 6 heteroatoms. The first kappa shape index (κ1) is 11.2. The van der Waals surface area contributed by atoms with Crippen LogP contribution in [-0.4, -0.2) is 27.5 Å². The van der Waals surface area contributed by atoms with Gasteiger partial charge in [-0.05, 0) is 48.6 Å². The highest BCUT2D eigenvalue weighted by Crippen LogP contribution is 2.26. The molecule has 0 spiro atoms. The minimum absolute atomic E-state index is 0.139. The second-order valence-electron chi connectivity index (χ2n) is 6.14. The zero-order valence-corrected chi connectivity index (χ0v) is 15.1. The minimum atomic E-state index is -2.98. The lowest BCUT2D eigenvalue weighted by atomic mass is 10.1. The van der Waals surface area contributed by atoms with Crippen LogP contribution < -0.4 is 10.1 Å². The maximum absolute atomic E-state index is 12.9. The maximum atomic E-state index is 12.9. The summed E-state index contributed by atoms with van der Waals surface area (Å²) in [5.74, 6) is -0.676. The third kappa shape index (κ3) is 3.32. The van der Waals surface area contributed by atoms with E-state index in [0.717, 1.165) is 27.9 Å². The number of imidazole rings is 1. The van der Waals surface area contributed by atoms with Crippen LogP contribution in [0, 0.1) is 6.92 Å². The molecule has 0 atom stereocenters. The van der Waals surface area contributed by atoms with E-state index in [1.165, 1.54) is 0 Å². The summed E-state index contributed by atoms with van der Waals surface area (Å²) >= 11 is 0. The zero-order chi connectivity index (χ0) is 25.7. The number of benzene rings is 2. The van der Waals surface area contributed by atoms with Crippen molar-refractivity contribution in [3.63, 3.8) is 0 Å². The van der Waals surface area contributed by atoms with Crippen LogP contribution in [0.3, 0.4) is 0 Å². The monoisotopic (exact) mass is 379 g/mol. The predicted octanol–water partition coefficient (Wildman–Crippen LogP) is 4.20. The molecule has 0 aliphatic rings. The number of hydrogen-bond donors (Lipinski definition) is 1. The minimum Gasteiger partial charge on any atom is -0.497 e. The van der Waals surface area contributed by atoms with E-state index >= 15 is 0 Å². The van der Waals surface area contributed by atoms with Gasteiger partial charge in [0.15, 0.2) is 0 Å². The number of rotatable bonds is 4. The third-order valence-electron chi connectivity index (χ3n) is 4.41. The van der Waals surface area contributed by atoms with Crippen LogP contribution >= 0.6 is 0 Å². The second-order valence-corrected chi connectivity index (χ2v) is 6.14. The number of anilines is 1. The fourth-order valence-corrected chi connectivity index (χ4v) is 2.78. The highest BCUT2D eigenvalue weighted by molar-refractivity contribution is 6.04. The highest BCUT2D eigenvalue weighted by Gasteiger charge is 2.10. The van der Waals surface area contributed by atoms with E-state index < -0.39 is 48.4 Å². The molecule has 0 radical (unpaired) electrons. The number of carbonyl (C=O) groups excluding carboxylic acids is 1. The summed E-state index contributed by atoms with van der Waals surface area (Å²) in [6, 6.07) is 4.38. The topological polar surface area (TPSA) is 69.0 Å². The van der Waals surface area contributed by atoms with E-state index in [0.29, 0.717) is 0 Å². The van der Waals surface area contributed by atoms with Crippen LogP contribution in [-0.2, 0) is 7.05 Å². The Bertz CT molecular complexity index is 1450. The van der Waals surface area contributed by atoms with Gasteiger partial charge in [0.25, 0.3) is 5.91 Å². The molecule has 140 valence electrons. The van der Waals surface area contributed by atoms with E-state index in [4.69, 9.17) is 9.60 Å². The van der Waals surface area contributed by atoms with Crippen molar-refractivity contribution in [2.24, 2.45) is 7.05 Å². The number of methoxy groups -OCH3 is 1. The van der Waals surface area contributed by atoms with Gasteiger partial charge in [-0.3, -0.25) is 4.79 Å². The van der Waals surface area contributed by atoms with E-state index in [1.807, 2.05) is 36.7 Å². The van der Waals surface area contributed by atoms with Crippen LogP contribution in [0.4, 0.5) is 5.82 Å². The fraction of sp³-hybridized carbons (Fsp3) is 0.136. The molecule has 0 saturated heterocycles. The number of carbonyl (C=O) groups is 1. The molecule has 2 heterocycles. The Morgan fingerprint density at radius 2 is 1.96 bits per heavy atom. The van der Waals surface area contributed by atoms with Crippen molar-refractivity contribution in [1.29, 1.82) is 0 Å². The average Bonchev–Trinajstić information content (AvgIpc) is 3.12. The standard InChI is InChI=1S/C22H20N4O2/c1-14-23-13-20(26(14)2)16-4-5-17-12-24-21(11-18(17)10-16)25-22(27)15-6-8-19(28-3)9-7-15/h4-13H,1-3H3,(H,24,25,27)/i3D3,6D,7D,8D,9D. The molecule has 0 saturated carbocycles. The lowest BCUT2D eigenvalue weighted by Crippen LogP contribution is -2.12. The smallest absolute Gasteiger partial charge is 0.256 e. The van der Waals surface area contributed by atoms with Crippen molar-refractivity contribution in [3.05, 3.63) is 72.2 Å². The van der Waals surface area contributed by atoms with Crippen molar-refractivity contribution in [2.45, 2.75) is 6.92 Å². The van der Waals surface area contributed by atoms with Crippen molar-refractivity contribution in [1.82, 2.24) is 14.5 Å². The first-order valence-electron chi connectivity index (χ1n) is 11.9. The number of aryl methyl sites for hydroxylation is 1. The fourth-order valence-electron chi connectivity index (χ4n) is 2.78. The first-order chi connectivity index (χ1) is 16.4. The van der Waals surface area contributed by atoms with Gasteiger partial charge in [0.2, 0.25) is 0 Å². The van der Waals surface area contributed by atoms with Crippen LogP contribution in [0.25, 0.3) is 22.0 Å². The molecular formula is C22H20N4O2. The molecule has 1 N–H and O–H groups in total. The first-order valence-corrected chi connectivity index (χ1v) is 8.36. The van der Waals surface area contributed by atoms with Crippen LogP contribution in [0.2, 0.25) is 0 Å². The van der Waals surface area contributed by atoms with E-state index in [1.54, 1.807) is 18.5 Å². The quantitative estimate of drug-likeness (QED) is 0.577. The summed E-state index contributed by atoms with van der Waals surface area (Å²) < 4.78 is 60.3. The Labute approximate surface area is 172 Å². The Morgan fingerprint density at radius 3 is 2.68 bits per heavy atom. The van der Waals surface area contributed by atoms with Crippen molar-refractivity contribution < 1.29 is 19.1 Å². The average molecular weight is 379 g/mol.